The minimum absolute atomic E-state index is 0.0692. The first-order valence-electron chi connectivity index (χ1n) is 49.3. The number of hydrogen-bond acceptors (Lipinski definition) is 10. The van der Waals surface area contributed by atoms with Crippen molar-refractivity contribution in [2.24, 2.45) is 0 Å². The molecule has 10 aromatic carbocycles. The maximum absolute atomic E-state index is 12.8. The Labute approximate surface area is 868 Å². The van der Waals surface area contributed by atoms with Crippen molar-refractivity contribution in [3.63, 3.8) is 0 Å². The molecule has 26 heteroatoms. The molecule has 10 rings (SSSR count). The van der Waals surface area contributed by atoms with E-state index in [1.165, 1.54) is 119 Å². The van der Waals surface area contributed by atoms with E-state index >= 15 is 0 Å². The number of alkyl halides is 15. The van der Waals surface area contributed by atoms with Crippen LogP contribution in [0.25, 0.3) is 0 Å². The lowest BCUT2D eigenvalue weighted by molar-refractivity contribution is -0.139. The number of halogens is 16. The lowest BCUT2D eigenvalue weighted by atomic mass is 9.94. The molecule has 0 saturated carbocycles. The van der Waals surface area contributed by atoms with E-state index < -0.39 is 58.7 Å². The van der Waals surface area contributed by atoms with Gasteiger partial charge in [0, 0.05) is 197 Å². The van der Waals surface area contributed by atoms with Gasteiger partial charge in [0.15, 0.2) is 0 Å². The largest absolute Gasteiger partial charge is 0.418 e. The third kappa shape index (κ3) is 43.0. The lowest BCUT2D eigenvalue weighted by Crippen LogP contribution is -2.19. The van der Waals surface area contributed by atoms with Crippen molar-refractivity contribution in [3.8, 4) is 0 Å². The molecule has 0 spiro atoms. The lowest BCUT2D eigenvalue weighted by Gasteiger charge is -2.24. The Balaban J connectivity index is 0.000000807. The second-order valence-electron chi connectivity index (χ2n) is 41.7. The van der Waals surface area contributed by atoms with Crippen molar-refractivity contribution >= 4 is 68.5 Å². The van der Waals surface area contributed by atoms with Crippen LogP contribution in [0.3, 0.4) is 0 Å². The fourth-order valence-corrected chi connectivity index (χ4v) is 16.1. The van der Waals surface area contributed by atoms with Crippen LogP contribution in [-0.4, -0.2) is 141 Å². The first-order chi connectivity index (χ1) is 66.3. The van der Waals surface area contributed by atoms with Gasteiger partial charge in [-0.3, -0.25) is 0 Å². The molecule has 10 aromatic rings. The van der Waals surface area contributed by atoms with Crippen LogP contribution >= 0.6 is 11.6 Å². The predicted octanol–water partition coefficient (Wildman–Crippen LogP) is 35.7. The Bertz CT molecular complexity index is 5260. The second kappa shape index (κ2) is 58.8. The number of anilines is 10. The first kappa shape index (κ1) is 132. The van der Waals surface area contributed by atoms with Crippen LogP contribution in [0.1, 0.15) is 303 Å². The molecule has 810 valence electrons. The summed E-state index contributed by atoms with van der Waals surface area (Å²) in [6, 6.07) is 53.4. The molecule has 0 bridgehead atoms. The highest BCUT2D eigenvalue weighted by Crippen LogP contribution is 2.45. The van der Waals surface area contributed by atoms with Crippen LogP contribution in [0, 0.1) is 27.7 Å². The van der Waals surface area contributed by atoms with Gasteiger partial charge >= 0.3 is 30.9 Å². The summed E-state index contributed by atoms with van der Waals surface area (Å²) in [5.74, 6) is 3.39. The number of benzene rings is 10. The summed E-state index contributed by atoms with van der Waals surface area (Å²) in [7, 11) is 37.9. The van der Waals surface area contributed by atoms with E-state index in [9.17, 15) is 65.9 Å². The average molecular weight is 2060 g/mol. The third-order valence-electron chi connectivity index (χ3n) is 23.9. The van der Waals surface area contributed by atoms with E-state index in [0.29, 0.717) is 46.5 Å². The van der Waals surface area contributed by atoms with Crippen molar-refractivity contribution < 1.29 is 65.9 Å². The van der Waals surface area contributed by atoms with Crippen molar-refractivity contribution in [2.45, 2.75) is 256 Å². The number of hydrogen-bond donors (Lipinski definition) is 0. The molecule has 10 nitrogen and oxygen atoms in total. The van der Waals surface area contributed by atoms with E-state index in [-0.39, 0.29) is 41.0 Å². The maximum atomic E-state index is 12.8. The Kier molecular flexibility index (Phi) is 53.7. The van der Waals surface area contributed by atoms with Gasteiger partial charge in [-0.1, -0.05) is 217 Å². The highest BCUT2D eigenvalue weighted by molar-refractivity contribution is 6.30. The zero-order valence-electron chi connectivity index (χ0n) is 95.1. The third-order valence-corrected chi connectivity index (χ3v) is 24.1. The van der Waals surface area contributed by atoms with Gasteiger partial charge in [-0.2, -0.15) is 65.9 Å². The van der Waals surface area contributed by atoms with Crippen molar-refractivity contribution in [1.82, 2.24) is 0 Å². The maximum Gasteiger partial charge on any atom is 0.418 e. The molecule has 0 heterocycles. The topological polar surface area (TPSA) is 32.4 Å². The summed E-state index contributed by atoms with van der Waals surface area (Å²) in [5, 5.41) is 0.814. The van der Waals surface area contributed by atoms with E-state index in [2.05, 4.69) is 271 Å². The molecule has 0 fully saturated rings. The predicted molar refractivity (Wildman–Crippen MR) is 598 cm³/mol. The van der Waals surface area contributed by atoms with Crippen LogP contribution in [0.5, 0.6) is 0 Å². The summed E-state index contributed by atoms with van der Waals surface area (Å²) in [6.07, 6.45) is -21.4. The summed E-state index contributed by atoms with van der Waals surface area (Å²) in [5.41, 5.74) is 22.4. The van der Waals surface area contributed by atoms with E-state index in [4.69, 9.17) is 11.6 Å². The van der Waals surface area contributed by atoms with E-state index in [1.807, 2.05) is 86.5 Å². The van der Waals surface area contributed by atoms with Crippen LogP contribution < -0.4 is 49.0 Å². The fraction of sp³-hybridized carbons (Fsp3) is 0.496. The quantitative estimate of drug-likeness (QED) is 0.0688. The molecule has 0 unspecified atom stereocenters. The Morgan fingerprint density at radius 3 is 0.979 bits per heavy atom. The monoisotopic (exact) mass is 2060 g/mol. The zero-order chi connectivity index (χ0) is 113. The van der Waals surface area contributed by atoms with Gasteiger partial charge in [0.25, 0.3) is 0 Å². The van der Waals surface area contributed by atoms with Gasteiger partial charge in [0.05, 0.1) is 33.5 Å². The Morgan fingerprint density at radius 1 is 0.214 bits per heavy atom. The molecule has 0 aliphatic heterocycles. The molecule has 145 heavy (non-hydrogen) atoms. The van der Waals surface area contributed by atoms with Crippen molar-refractivity contribution in [3.05, 3.63) is 293 Å². The number of para-hydroxylation sites is 1. The van der Waals surface area contributed by atoms with Crippen LogP contribution in [0.4, 0.5) is 123 Å². The SMILES string of the molecule is CC(C)c1c(N(C)C)cccc1C(F)(F)F.CC(C)c1cc(C(F)(F)F)ccc1N(C)C.CC(C)c1cc(Cl)ccc1N(C)C.CC(C)c1ccc(C(F)(F)F)c(N(C)C)c1.CC(C)c1ccc(C(F)(F)F)cc1N(C)C.CC(C)c1cccc(C(F)(F)F)c1N(C)C.Cc1c(C(C)C)cccc1N(C)C.Cc1cc(C(C)C)cc(N(C)C)c1.Cc1cc(C(C)C)ccc1N(C)C.Cc1cc(N(C)C)ccc1C(C)C. The van der Waals surface area contributed by atoms with Gasteiger partial charge in [-0.15, -0.1) is 0 Å². The van der Waals surface area contributed by atoms with E-state index in [1.54, 1.807) is 110 Å². The highest BCUT2D eigenvalue weighted by atomic mass is 35.5. The van der Waals surface area contributed by atoms with E-state index in [0.717, 1.165) is 63.3 Å². The molecule has 0 N–H and O–H groups in total. The average Bonchev–Trinajstić information content (AvgIpc) is 0.791. The smallest absolute Gasteiger partial charge is 0.378 e. The summed E-state index contributed by atoms with van der Waals surface area (Å²) < 4.78 is 190. The summed E-state index contributed by atoms with van der Waals surface area (Å²) in [6.45, 7) is 49.9. The normalized spacial score (nSPS) is 11.4. The zero-order valence-corrected chi connectivity index (χ0v) is 95.9. The number of nitrogens with zero attached hydrogens (tertiary/aromatic N) is 10. The molecular weight excluding hydrogens is 1890 g/mol. The van der Waals surface area contributed by atoms with Crippen molar-refractivity contribution in [1.29, 1.82) is 0 Å². The molecule has 0 saturated heterocycles. The van der Waals surface area contributed by atoms with Crippen molar-refractivity contribution in [2.75, 3.05) is 190 Å². The molecule has 0 aromatic heterocycles. The molecule has 0 aliphatic carbocycles. The Morgan fingerprint density at radius 2 is 0.586 bits per heavy atom. The minimum Gasteiger partial charge on any atom is -0.378 e. The summed E-state index contributed by atoms with van der Waals surface area (Å²) >= 11 is 5.95. The molecule has 0 amide bonds. The second-order valence-corrected chi connectivity index (χ2v) is 42.1. The molecule has 0 aliphatic rings. The standard InChI is InChI=1S/5C12H16F3N.4C12H19N.C11H16ClN/c1-8(2)10-7-9(12(13,14)15)5-6-11(10)16(3)4;1-8(2)10-6-5-9(12(13,14)15)7-11(10)16(3)4;1-8(2)9-5-6-10(12(13,14)15)11(7-9)16(3)4;1-8(2)11-9(12(13,14)15)6-5-7-10(11)16(3)4;1-8(2)9-6-5-7-10(12(13,14)15)11(9)16(3)4;1-9(2)11-6-10(3)7-12(8-11)13(4)5;1-9(2)12-7-6-11(13(4)5)8-10(12)3;1-9(2)11-6-7-12(13(4)5)10(3)8-11;1-9(2)11-7-6-8-12(10(11)3)13(4)5;1-8(2)10-7-9(12)5-6-11(10)13(3)4/h5*5-8H,1-4H3;4*6-9H,1-5H3;5-8H,1-4H3. The minimum atomic E-state index is -4.30. The summed E-state index contributed by atoms with van der Waals surface area (Å²) in [4.78, 5) is 19.0. The number of aryl methyl sites for hydroxylation is 3. The van der Waals surface area contributed by atoms with Crippen LogP contribution in [0.15, 0.2) is 182 Å². The molecular formula is C119H172ClF15N10. The van der Waals surface area contributed by atoms with Gasteiger partial charge in [0.1, 0.15) is 0 Å². The fourth-order valence-electron chi connectivity index (χ4n) is 15.9. The Hall–Kier alpha value is -10.6. The van der Waals surface area contributed by atoms with Gasteiger partial charge in [-0.25, -0.2) is 0 Å². The van der Waals surface area contributed by atoms with Gasteiger partial charge < -0.3 is 49.0 Å². The highest BCUT2D eigenvalue weighted by Gasteiger charge is 2.39. The molecule has 0 atom stereocenters. The van der Waals surface area contributed by atoms with Gasteiger partial charge in [-0.05, 0) is 280 Å². The number of rotatable bonds is 20. The van der Waals surface area contributed by atoms with Crippen LogP contribution in [0.2, 0.25) is 5.02 Å². The van der Waals surface area contributed by atoms with Crippen LogP contribution in [-0.2, 0) is 30.9 Å². The van der Waals surface area contributed by atoms with Gasteiger partial charge in [0.2, 0.25) is 0 Å². The first-order valence-corrected chi connectivity index (χ1v) is 49.7. The molecule has 0 radical (unpaired) electrons.